The zero-order chi connectivity index (χ0) is 18.4. The molecule has 0 aliphatic rings. The van der Waals surface area contributed by atoms with Gasteiger partial charge in [0, 0.05) is 10.6 Å². The highest BCUT2D eigenvalue weighted by Crippen LogP contribution is 2.23. The third kappa shape index (κ3) is 4.44. The van der Waals surface area contributed by atoms with E-state index < -0.39 is 0 Å². The molecule has 26 heavy (non-hydrogen) atoms. The Kier molecular flexibility index (Phi) is 5.92. The second-order valence-electron chi connectivity index (χ2n) is 5.98. The second-order valence-corrected chi connectivity index (χ2v) is 6.39. The first kappa shape index (κ1) is 18.0. The van der Waals surface area contributed by atoms with Crippen LogP contribution in [-0.4, -0.2) is 5.91 Å². The van der Waals surface area contributed by atoms with Crippen LogP contribution >= 0.6 is 11.6 Å². The number of rotatable bonds is 6. The summed E-state index contributed by atoms with van der Waals surface area (Å²) in [7, 11) is 0. The van der Waals surface area contributed by atoms with Gasteiger partial charge in [0.05, 0.1) is 11.6 Å². The third-order valence-electron chi connectivity index (χ3n) is 4.12. The molecular weight excluding hydrogens is 346 g/mol. The second kappa shape index (κ2) is 8.54. The molecule has 4 heteroatoms. The van der Waals surface area contributed by atoms with Crippen LogP contribution in [0.2, 0.25) is 5.02 Å². The molecule has 1 unspecified atom stereocenters. The fraction of sp³-hybridized carbons (Fsp3) is 0.136. The monoisotopic (exact) mass is 365 g/mol. The number of carbonyl (C=O) groups excluding carboxylic acids is 1. The average molecular weight is 366 g/mol. The zero-order valence-electron chi connectivity index (χ0n) is 14.5. The minimum atomic E-state index is -0.170. The van der Waals surface area contributed by atoms with Crippen molar-refractivity contribution in [2.24, 2.45) is 0 Å². The van der Waals surface area contributed by atoms with E-state index in [0.717, 1.165) is 11.1 Å². The predicted octanol–water partition coefficient (Wildman–Crippen LogP) is 5.41. The van der Waals surface area contributed by atoms with Crippen molar-refractivity contribution in [3.63, 3.8) is 0 Å². The molecule has 3 rings (SSSR count). The van der Waals surface area contributed by atoms with Crippen LogP contribution in [0.15, 0.2) is 78.9 Å². The lowest BCUT2D eigenvalue weighted by atomic mass is 10.1. The SMILES string of the molecule is CC(NC(=O)c1ccccc1OCc1ccccc1Cl)c1ccccc1. The van der Waals surface area contributed by atoms with Gasteiger partial charge in [0.15, 0.2) is 0 Å². The van der Waals surface area contributed by atoms with Crippen LogP contribution in [0.3, 0.4) is 0 Å². The van der Waals surface area contributed by atoms with Crippen LogP contribution in [-0.2, 0) is 6.61 Å². The quantitative estimate of drug-likeness (QED) is 0.634. The number of nitrogens with one attached hydrogen (secondary N) is 1. The molecule has 3 aromatic carbocycles. The summed E-state index contributed by atoms with van der Waals surface area (Å²) in [6.45, 7) is 2.26. The molecule has 3 nitrogen and oxygen atoms in total. The molecule has 0 saturated heterocycles. The van der Waals surface area contributed by atoms with Gasteiger partial charge in [0.2, 0.25) is 0 Å². The highest BCUT2D eigenvalue weighted by atomic mass is 35.5. The number of benzene rings is 3. The Labute approximate surface area is 158 Å². The first-order chi connectivity index (χ1) is 12.6. The van der Waals surface area contributed by atoms with Crippen molar-refractivity contribution < 1.29 is 9.53 Å². The van der Waals surface area contributed by atoms with Crippen molar-refractivity contribution >= 4 is 17.5 Å². The number of halogens is 1. The number of hydrogen-bond acceptors (Lipinski definition) is 2. The molecule has 0 saturated carbocycles. The van der Waals surface area contributed by atoms with E-state index in [0.29, 0.717) is 22.9 Å². The first-order valence-electron chi connectivity index (χ1n) is 8.46. The summed E-state index contributed by atoms with van der Waals surface area (Å²) in [5.74, 6) is 0.362. The Balaban J connectivity index is 1.72. The Morgan fingerprint density at radius 1 is 0.962 bits per heavy atom. The average Bonchev–Trinajstić information content (AvgIpc) is 2.68. The van der Waals surface area contributed by atoms with Crippen molar-refractivity contribution in [1.29, 1.82) is 0 Å². The van der Waals surface area contributed by atoms with E-state index in [1.807, 2.05) is 73.7 Å². The number of amides is 1. The maximum atomic E-state index is 12.7. The van der Waals surface area contributed by atoms with E-state index in [1.54, 1.807) is 12.1 Å². The van der Waals surface area contributed by atoms with E-state index in [4.69, 9.17) is 16.3 Å². The lowest BCUT2D eigenvalue weighted by Crippen LogP contribution is -2.27. The molecule has 0 bridgehead atoms. The smallest absolute Gasteiger partial charge is 0.255 e. The Hall–Kier alpha value is -2.78. The van der Waals surface area contributed by atoms with Gasteiger partial charge >= 0.3 is 0 Å². The standard InChI is InChI=1S/C22H20ClNO2/c1-16(17-9-3-2-4-10-17)24-22(25)19-12-6-8-14-21(19)26-15-18-11-5-7-13-20(18)23/h2-14,16H,15H2,1H3,(H,24,25). The van der Waals surface area contributed by atoms with E-state index in [9.17, 15) is 4.79 Å². The van der Waals surface area contributed by atoms with Gasteiger partial charge in [-0.05, 0) is 30.7 Å². The molecule has 0 spiro atoms. The molecule has 1 atom stereocenters. The van der Waals surface area contributed by atoms with Crippen LogP contribution in [0.5, 0.6) is 5.75 Å². The Morgan fingerprint density at radius 2 is 1.62 bits per heavy atom. The molecule has 0 heterocycles. The molecule has 3 aromatic rings. The maximum Gasteiger partial charge on any atom is 0.255 e. The Bertz CT molecular complexity index is 880. The third-order valence-corrected chi connectivity index (χ3v) is 4.49. The molecule has 0 aliphatic heterocycles. The predicted molar refractivity (Wildman–Crippen MR) is 105 cm³/mol. The van der Waals surface area contributed by atoms with Gasteiger partial charge in [-0.3, -0.25) is 4.79 Å². The minimum absolute atomic E-state index is 0.0969. The molecular formula is C22H20ClNO2. The topological polar surface area (TPSA) is 38.3 Å². The van der Waals surface area contributed by atoms with Crippen LogP contribution in [0.25, 0.3) is 0 Å². The molecule has 1 amide bonds. The van der Waals surface area contributed by atoms with Crippen molar-refractivity contribution in [2.75, 3.05) is 0 Å². The molecule has 0 radical (unpaired) electrons. The van der Waals surface area contributed by atoms with Gasteiger partial charge in [0.25, 0.3) is 5.91 Å². The van der Waals surface area contributed by atoms with E-state index in [1.165, 1.54) is 0 Å². The van der Waals surface area contributed by atoms with Crippen LogP contribution < -0.4 is 10.1 Å². The highest BCUT2D eigenvalue weighted by Gasteiger charge is 2.15. The lowest BCUT2D eigenvalue weighted by molar-refractivity contribution is 0.0935. The zero-order valence-corrected chi connectivity index (χ0v) is 15.2. The fourth-order valence-electron chi connectivity index (χ4n) is 2.65. The Morgan fingerprint density at radius 3 is 2.38 bits per heavy atom. The molecule has 1 N–H and O–H groups in total. The summed E-state index contributed by atoms with van der Waals surface area (Å²) in [4.78, 5) is 12.7. The van der Waals surface area contributed by atoms with Gasteiger partial charge in [0.1, 0.15) is 12.4 Å². The van der Waals surface area contributed by atoms with Crippen molar-refractivity contribution in [3.8, 4) is 5.75 Å². The maximum absolute atomic E-state index is 12.7. The largest absolute Gasteiger partial charge is 0.488 e. The molecule has 0 aromatic heterocycles. The van der Waals surface area contributed by atoms with Gasteiger partial charge < -0.3 is 10.1 Å². The van der Waals surface area contributed by atoms with E-state index in [-0.39, 0.29) is 11.9 Å². The molecule has 132 valence electrons. The van der Waals surface area contributed by atoms with Crippen LogP contribution in [0.4, 0.5) is 0 Å². The number of para-hydroxylation sites is 1. The first-order valence-corrected chi connectivity index (χ1v) is 8.84. The number of carbonyl (C=O) groups is 1. The summed E-state index contributed by atoms with van der Waals surface area (Å²) < 4.78 is 5.87. The van der Waals surface area contributed by atoms with E-state index in [2.05, 4.69) is 5.32 Å². The lowest BCUT2D eigenvalue weighted by Gasteiger charge is -2.16. The minimum Gasteiger partial charge on any atom is -0.488 e. The van der Waals surface area contributed by atoms with Gasteiger partial charge in [-0.25, -0.2) is 0 Å². The number of ether oxygens (including phenoxy) is 1. The van der Waals surface area contributed by atoms with Crippen LogP contribution in [0.1, 0.15) is 34.5 Å². The van der Waals surface area contributed by atoms with Crippen molar-refractivity contribution in [3.05, 3.63) is 101 Å². The summed E-state index contributed by atoms with van der Waals surface area (Å²) >= 11 is 6.17. The molecule has 0 aliphatic carbocycles. The molecule has 0 fully saturated rings. The van der Waals surface area contributed by atoms with E-state index >= 15 is 0 Å². The number of hydrogen-bond donors (Lipinski definition) is 1. The summed E-state index contributed by atoms with van der Waals surface area (Å²) in [5.41, 5.74) is 2.43. The fourth-order valence-corrected chi connectivity index (χ4v) is 2.84. The van der Waals surface area contributed by atoms with Crippen LogP contribution in [0, 0.1) is 0 Å². The summed E-state index contributed by atoms with van der Waals surface area (Å²) in [6, 6.07) is 24.5. The van der Waals surface area contributed by atoms with Gasteiger partial charge in [-0.2, -0.15) is 0 Å². The van der Waals surface area contributed by atoms with Crippen molar-refractivity contribution in [2.45, 2.75) is 19.6 Å². The van der Waals surface area contributed by atoms with Gasteiger partial charge in [-0.15, -0.1) is 0 Å². The van der Waals surface area contributed by atoms with Crippen molar-refractivity contribution in [1.82, 2.24) is 5.32 Å². The normalized spacial score (nSPS) is 11.6. The van der Waals surface area contributed by atoms with Gasteiger partial charge in [-0.1, -0.05) is 72.3 Å². The highest BCUT2D eigenvalue weighted by molar-refractivity contribution is 6.31. The summed E-state index contributed by atoms with van der Waals surface area (Å²) in [5, 5.41) is 3.66. The summed E-state index contributed by atoms with van der Waals surface area (Å²) in [6.07, 6.45) is 0.